The SMILES string of the molecule is CSC1CCCCC1N1CC(=O)NC(C(C)(C)C)C1=O. The summed E-state index contributed by atoms with van der Waals surface area (Å²) < 4.78 is 0. The van der Waals surface area contributed by atoms with Crippen molar-refractivity contribution in [3.05, 3.63) is 0 Å². The molecule has 0 radical (unpaired) electrons. The second-order valence-corrected chi connectivity index (χ2v) is 8.04. The average molecular weight is 298 g/mol. The number of thioether (sulfide) groups is 1. The third-order valence-electron chi connectivity index (χ3n) is 4.39. The maximum atomic E-state index is 12.8. The summed E-state index contributed by atoms with van der Waals surface area (Å²) in [6.45, 7) is 6.25. The molecule has 3 atom stereocenters. The van der Waals surface area contributed by atoms with Gasteiger partial charge in [0.05, 0.1) is 6.54 Å². The van der Waals surface area contributed by atoms with E-state index in [-0.39, 0.29) is 29.8 Å². The fraction of sp³-hybridized carbons (Fsp3) is 0.867. The molecule has 0 aromatic carbocycles. The zero-order valence-electron chi connectivity index (χ0n) is 12.9. The molecule has 4 nitrogen and oxygen atoms in total. The summed E-state index contributed by atoms with van der Waals surface area (Å²) in [7, 11) is 0. The van der Waals surface area contributed by atoms with Crippen LogP contribution in [0, 0.1) is 5.41 Å². The molecule has 0 aromatic heterocycles. The van der Waals surface area contributed by atoms with Gasteiger partial charge in [0.1, 0.15) is 6.04 Å². The Labute approximate surface area is 126 Å². The Bertz CT molecular complexity index is 392. The van der Waals surface area contributed by atoms with Crippen molar-refractivity contribution < 1.29 is 9.59 Å². The van der Waals surface area contributed by atoms with Crippen molar-refractivity contribution >= 4 is 23.6 Å². The predicted octanol–water partition coefficient (Wildman–Crippen LogP) is 2.03. The van der Waals surface area contributed by atoms with Crippen molar-refractivity contribution in [2.75, 3.05) is 12.8 Å². The Morgan fingerprint density at radius 3 is 2.45 bits per heavy atom. The lowest BCUT2D eigenvalue weighted by Crippen LogP contribution is -2.65. The summed E-state index contributed by atoms with van der Waals surface area (Å²) in [4.78, 5) is 26.6. The molecule has 2 rings (SSSR count). The van der Waals surface area contributed by atoms with Crippen LogP contribution in [0.4, 0.5) is 0 Å². The molecule has 1 saturated carbocycles. The van der Waals surface area contributed by atoms with Gasteiger partial charge >= 0.3 is 0 Å². The second kappa shape index (κ2) is 5.96. The van der Waals surface area contributed by atoms with Crippen LogP contribution in [-0.4, -0.2) is 46.8 Å². The molecular weight excluding hydrogens is 272 g/mol. The summed E-state index contributed by atoms with van der Waals surface area (Å²) in [5, 5.41) is 3.34. The third kappa shape index (κ3) is 3.13. The average Bonchev–Trinajstić information content (AvgIpc) is 2.39. The van der Waals surface area contributed by atoms with Crippen molar-refractivity contribution in [2.24, 2.45) is 5.41 Å². The van der Waals surface area contributed by atoms with Crippen molar-refractivity contribution in [1.82, 2.24) is 10.2 Å². The highest BCUT2D eigenvalue weighted by Gasteiger charge is 2.44. The van der Waals surface area contributed by atoms with Crippen LogP contribution >= 0.6 is 11.8 Å². The van der Waals surface area contributed by atoms with Gasteiger partial charge in [-0.3, -0.25) is 9.59 Å². The van der Waals surface area contributed by atoms with E-state index in [2.05, 4.69) is 11.6 Å². The zero-order valence-corrected chi connectivity index (χ0v) is 13.8. The van der Waals surface area contributed by atoms with E-state index in [1.807, 2.05) is 37.4 Å². The largest absolute Gasteiger partial charge is 0.342 e. The van der Waals surface area contributed by atoms with Crippen molar-refractivity contribution in [1.29, 1.82) is 0 Å². The molecule has 20 heavy (non-hydrogen) atoms. The molecule has 0 bridgehead atoms. The summed E-state index contributed by atoms with van der Waals surface area (Å²) in [6.07, 6.45) is 6.68. The molecule has 2 aliphatic rings. The highest BCUT2D eigenvalue weighted by atomic mass is 32.2. The standard InChI is InChI=1S/C15H26N2O2S/c1-15(2,3)13-14(19)17(9-12(18)16-13)10-7-5-6-8-11(10)20-4/h10-11,13H,5-9H2,1-4H3,(H,16,18). The second-order valence-electron chi connectivity index (χ2n) is 6.96. The van der Waals surface area contributed by atoms with E-state index in [4.69, 9.17) is 0 Å². The first-order valence-electron chi connectivity index (χ1n) is 7.47. The van der Waals surface area contributed by atoms with Gasteiger partial charge in [0.2, 0.25) is 11.8 Å². The number of carbonyl (C=O) groups is 2. The monoisotopic (exact) mass is 298 g/mol. The number of piperazine rings is 1. The zero-order chi connectivity index (χ0) is 14.9. The Morgan fingerprint density at radius 1 is 1.20 bits per heavy atom. The Morgan fingerprint density at radius 2 is 1.85 bits per heavy atom. The first-order valence-corrected chi connectivity index (χ1v) is 8.76. The van der Waals surface area contributed by atoms with E-state index in [0.717, 1.165) is 19.3 Å². The van der Waals surface area contributed by atoms with Crippen molar-refractivity contribution in [3.8, 4) is 0 Å². The normalized spacial score (nSPS) is 32.2. The number of hydrogen-bond donors (Lipinski definition) is 1. The van der Waals surface area contributed by atoms with Gasteiger partial charge in [-0.15, -0.1) is 0 Å². The van der Waals surface area contributed by atoms with E-state index in [9.17, 15) is 9.59 Å². The molecule has 1 aliphatic heterocycles. The highest BCUT2D eigenvalue weighted by molar-refractivity contribution is 7.99. The molecule has 2 amide bonds. The van der Waals surface area contributed by atoms with Crippen LogP contribution in [0.3, 0.4) is 0 Å². The van der Waals surface area contributed by atoms with E-state index in [1.165, 1.54) is 6.42 Å². The molecule has 5 heteroatoms. The summed E-state index contributed by atoms with van der Waals surface area (Å²) in [5.41, 5.74) is -0.241. The maximum Gasteiger partial charge on any atom is 0.246 e. The summed E-state index contributed by atoms with van der Waals surface area (Å²) in [6, 6.07) is -0.171. The van der Waals surface area contributed by atoms with Crippen LogP contribution in [-0.2, 0) is 9.59 Å². The minimum Gasteiger partial charge on any atom is -0.342 e. The Balaban J connectivity index is 2.21. The predicted molar refractivity (Wildman–Crippen MR) is 82.7 cm³/mol. The molecule has 1 heterocycles. The fourth-order valence-corrected chi connectivity index (χ4v) is 4.24. The van der Waals surface area contributed by atoms with Gasteiger partial charge < -0.3 is 10.2 Å². The summed E-state index contributed by atoms with van der Waals surface area (Å²) >= 11 is 1.83. The van der Waals surface area contributed by atoms with Gasteiger partial charge in [0.25, 0.3) is 0 Å². The molecule has 1 aliphatic carbocycles. The molecule has 3 unspecified atom stereocenters. The smallest absolute Gasteiger partial charge is 0.246 e. The van der Waals surface area contributed by atoms with Crippen molar-refractivity contribution in [3.63, 3.8) is 0 Å². The van der Waals surface area contributed by atoms with E-state index in [0.29, 0.717) is 5.25 Å². The molecule has 0 aromatic rings. The van der Waals surface area contributed by atoms with E-state index in [1.54, 1.807) is 0 Å². The number of hydrogen-bond acceptors (Lipinski definition) is 3. The molecule has 1 N–H and O–H groups in total. The van der Waals surface area contributed by atoms with Crippen molar-refractivity contribution in [2.45, 2.75) is 63.8 Å². The molecule has 2 fully saturated rings. The van der Waals surface area contributed by atoms with Crippen LogP contribution in [0.5, 0.6) is 0 Å². The van der Waals surface area contributed by atoms with Gasteiger partial charge in [-0.05, 0) is 24.5 Å². The number of amides is 2. The topological polar surface area (TPSA) is 49.4 Å². The summed E-state index contributed by atoms with van der Waals surface area (Å²) in [5.74, 6) is 0.0815. The number of carbonyl (C=O) groups excluding carboxylic acids is 2. The van der Waals surface area contributed by atoms with Crippen LogP contribution in [0.1, 0.15) is 46.5 Å². The van der Waals surface area contributed by atoms with Crippen LogP contribution in [0.25, 0.3) is 0 Å². The maximum absolute atomic E-state index is 12.8. The van der Waals surface area contributed by atoms with E-state index >= 15 is 0 Å². The quantitative estimate of drug-likeness (QED) is 0.848. The Hall–Kier alpha value is -0.710. The lowest BCUT2D eigenvalue weighted by molar-refractivity contribution is -0.150. The van der Waals surface area contributed by atoms with E-state index < -0.39 is 6.04 Å². The molecular formula is C15H26N2O2S. The van der Waals surface area contributed by atoms with Crippen LogP contribution in [0.2, 0.25) is 0 Å². The lowest BCUT2D eigenvalue weighted by Gasteiger charge is -2.45. The van der Waals surface area contributed by atoms with Crippen LogP contribution in [0.15, 0.2) is 0 Å². The van der Waals surface area contributed by atoms with Gasteiger partial charge in [-0.1, -0.05) is 33.6 Å². The Kier molecular flexibility index (Phi) is 4.67. The van der Waals surface area contributed by atoms with Gasteiger partial charge in [0.15, 0.2) is 0 Å². The first kappa shape index (κ1) is 15.7. The fourth-order valence-electron chi connectivity index (χ4n) is 3.24. The first-order chi connectivity index (χ1) is 9.34. The molecule has 114 valence electrons. The molecule has 0 spiro atoms. The minimum atomic E-state index is -0.395. The third-order valence-corrected chi connectivity index (χ3v) is 5.54. The number of nitrogens with one attached hydrogen (secondary N) is 1. The van der Waals surface area contributed by atoms with Crippen LogP contribution < -0.4 is 5.32 Å². The molecule has 1 saturated heterocycles. The number of nitrogens with zero attached hydrogens (tertiary/aromatic N) is 1. The van der Waals surface area contributed by atoms with Gasteiger partial charge in [0, 0.05) is 11.3 Å². The van der Waals surface area contributed by atoms with Gasteiger partial charge in [-0.25, -0.2) is 0 Å². The minimum absolute atomic E-state index is 0.0186. The van der Waals surface area contributed by atoms with Gasteiger partial charge in [-0.2, -0.15) is 11.8 Å². The highest BCUT2D eigenvalue weighted by Crippen LogP contribution is 2.33. The lowest BCUT2D eigenvalue weighted by atomic mass is 9.83. The number of rotatable bonds is 2.